The second-order valence-electron chi connectivity index (χ2n) is 6.18. The van der Waals surface area contributed by atoms with E-state index < -0.39 is 6.61 Å². The monoisotopic (exact) mass is 371 g/mol. The number of hydrogen-bond acceptors (Lipinski definition) is 5. The summed E-state index contributed by atoms with van der Waals surface area (Å²) in [5, 5.41) is 6.60. The maximum Gasteiger partial charge on any atom is 0.387 e. The summed E-state index contributed by atoms with van der Waals surface area (Å²) in [5.41, 5.74) is 3.63. The maximum atomic E-state index is 12.9. The molecule has 4 rings (SSSR count). The maximum absolute atomic E-state index is 12.9. The summed E-state index contributed by atoms with van der Waals surface area (Å²) >= 11 is 0. The molecule has 27 heavy (non-hydrogen) atoms. The second kappa shape index (κ2) is 6.42. The molecule has 4 heterocycles. The lowest BCUT2D eigenvalue weighted by molar-refractivity contribution is -0.0500. The van der Waals surface area contributed by atoms with Gasteiger partial charge in [-0.3, -0.25) is 19.8 Å². The fraction of sp³-hybridized carbons (Fsp3) is 0.222. The van der Waals surface area contributed by atoms with Crippen LogP contribution in [0.5, 0.6) is 5.75 Å². The van der Waals surface area contributed by atoms with Crippen molar-refractivity contribution in [1.82, 2.24) is 20.2 Å². The minimum Gasteiger partial charge on any atom is -0.433 e. The van der Waals surface area contributed by atoms with E-state index >= 15 is 0 Å². The van der Waals surface area contributed by atoms with Gasteiger partial charge in [0.2, 0.25) is 0 Å². The van der Waals surface area contributed by atoms with Gasteiger partial charge in [-0.2, -0.15) is 13.9 Å². The normalized spacial score (nSPS) is 16.1. The Morgan fingerprint density at radius 3 is 2.78 bits per heavy atom. The molecule has 1 amide bonds. The third-order valence-corrected chi connectivity index (χ3v) is 4.46. The first-order valence-electron chi connectivity index (χ1n) is 8.20. The highest BCUT2D eigenvalue weighted by Gasteiger charge is 2.38. The van der Waals surface area contributed by atoms with Crippen molar-refractivity contribution in [3.8, 4) is 17.0 Å². The molecule has 1 atom stereocenters. The summed E-state index contributed by atoms with van der Waals surface area (Å²) in [5.74, 6) is -0.199. The molecule has 3 aromatic heterocycles. The van der Waals surface area contributed by atoms with Crippen molar-refractivity contribution < 1.29 is 18.3 Å². The van der Waals surface area contributed by atoms with Crippen molar-refractivity contribution in [2.75, 3.05) is 4.90 Å². The van der Waals surface area contributed by atoms with Gasteiger partial charge in [0.1, 0.15) is 5.75 Å². The Morgan fingerprint density at radius 2 is 2.07 bits per heavy atom. The van der Waals surface area contributed by atoms with E-state index in [9.17, 15) is 13.6 Å². The largest absolute Gasteiger partial charge is 0.433 e. The third kappa shape index (κ3) is 2.90. The van der Waals surface area contributed by atoms with Gasteiger partial charge in [0.25, 0.3) is 5.91 Å². The van der Waals surface area contributed by atoms with Crippen LogP contribution in [0.1, 0.15) is 34.6 Å². The molecule has 1 aliphatic rings. The molecule has 9 heteroatoms. The second-order valence-corrected chi connectivity index (χ2v) is 6.18. The molecule has 0 unspecified atom stereocenters. The first kappa shape index (κ1) is 17.1. The number of amides is 1. The summed E-state index contributed by atoms with van der Waals surface area (Å²) in [6.45, 7) is 0.764. The van der Waals surface area contributed by atoms with E-state index in [4.69, 9.17) is 0 Å². The zero-order valence-corrected chi connectivity index (χ0v) is 14.5. The SMILES string of the molecule is Cc1cc(-c2cncc(OC(F)F)c2)nc2c1C(=O)N(c1cn[nH]c1)[C@H]2C. The average Bonchev–Trinajstić information content (AvgIpc) is 3.22. The first-order valence-corrected chi connectivity index (χ1v) is 8.20. The highest BCUT2D eigenvalue weighted by molar-refractivity contribution is 6.11. The summed E-state index contributed by atoms with van der Waals surface area (Å²) in [7, 11) is 0. The molecule has 138 valence electrons. The predicted octanol–water partition coefficient (Wildman–Crippen LogP) is 3.50. The molecule has 1 aliphatic heterocycles. The summed E-state index contributed by atoms with van der Waals surface area (Å²) in [4.78, 5) is 23.1. The Balaban J connectivity index is 1.76. The zero-order chi connectivity index (χ0) is 19.1. The number of aryl methyl sites for hydroxylation is 1. The predicted molar refractivity (Wildman–Crippen MR) is 92.6 cm³/mol. The number of anilines is 1. The number of carbonyl (C=O) groups excluding carboxylic acids is 1. The molecule has 1 N–H and O–H groups in total. The molecule has 0 aliphatic carbocycles. The number of carbonyl (C=O) groups is 1. The lowest BCUT2D eigenvalue weighted by atomic mass is 10.0. The van der Waals surface area contributed by atoms with Crippen LogP contribution >= 0.6 is 0 Å². The van der Waals surface area contributed by atoms with E-state index in [1.807, 2.05) is 13.8 Å². The summed E-state index contributed by atoms with van der Waals surface area (Å²) in [6, 6.07) is 2.89. The van der Waals surface area contributed by atoms with Crippen LogP contribution in [0.3, 0.4) is 0 Å². The molecule has 7 nitrogen and oxygen atoms in total. The minimum atomic E-state index is -2.93. The number of alkyl halides is 2. The highest BCUT2D eigenvalue weighted by atomic mass is 19.3. The highest BCUT2D eigenvalue weighted by Crippen LogP contribution is 2.38. The van der Waals surface area contributed by atoms with Crippen molar-refractivity contribution in [3.05, 3.63) is 53.7 Å². The van der Waals surface area contributed by atoms with Crippen molar-refractivity contribution in [2.45, 2.75) is 26.5 Å². The van der Waals surface area contributed by atoms with E-state index in [1.54, 1.807) is 23.4 Å². The Labute approximate surface area is 153 Å². The lowest BCUT2D eigenvalue weighted by Gasteiger charge is -2.19. The van der Waals surface area contributed by atoms with Gasteiger partial charge in [0.15, 0.2) is 0 Å². The Hall–Kier alpha value is -3.36. The third-order valence-electron chi connectivity index (χ3n) is 4.46. The van der Waals surface area contributed by atoms with Crippen LogP contribution < -0.4 is 9.64 Å². The van der Waals surface area contributed by atoms with Crippen molar-refractivity contribution in [3.63, 3.8) is 0 Å². The quantitative estimate of drug-likeness (QED) is 0.759. The molecule has 0 spiro atoms. The van der Waals surface area contributed by atoms with Crippen LogP contribution in [-0.2, 0) is 0 Å². The van der Waals surface area contributed by atoms with Crippen molar-refractivity contribution in [2.24, 2.45) is 0 Å². The summed E-state index contributed by atoms with van der Waals surface area (Å²) < 4.78 is 29.3. The van der Waals surface area contributed by atoms with E-state index in [0.29, 0.717) is 28.2 Å². The van der Waals surface area contributed by atoms with Gasteiger partial charge in [-0.25, -0.2) is 4.98 Å². The standard InChI is InChI=1S/C18H15F2N5O2/c1-9-3-14(11-4-13(8-21-5-11)27-18(19)20)24-16-10(2)25(17(26)15(9)16)12-6-22-23-7-12/h3-8,10,18H,1-2H3,(H,22,23)/t10-/m0/s1. The number of aromatic amines is 1. The number of pyridine rings is 2. The number of aromatic nitrogens is 4. The number of rotatable bonds is 4. The number of nitrogens with one attached hydrogen (secondary N) is 1. The van der Waals surface area contributed by atoms with E-state index in [1.165, 1.54) is 18.5 Å². The Bertz CT molecular complexity index is 1010. The first-order chi connectivity index (χ1) is 13.0. The number of hydrogen-bond donors (Lipinski definition) is 1. The van der Waals surface area contributed by atoms with Crippen LogP contribution in [0.4, 0.5) is 14.5 Å². The zero-order valence-electron chi connectivity index (χ0n) is 14.5. The number of nitrogens with zero attached hydrogens (tertiary/aromatic N) is 4. The van der Waals surface area contributed by atoms with Crippen molar-refractivity contribution in [1.29, 1.82) is 0 Å². The lowest BCUT2D eigenvalue weighted by Crippen LogP contribution is -2.25. The number of halogens is 2. The van der Waals surface area contributed by atoms with Gasteiger partial charge >= 0.3 is 6.61 Å². The van der Waals surface area contributed by atoms with Gasteiger partial charge in [0, 0.05) is 18.0 Å². The molecule has 0 aromatic carbocycles. The number of H-pyrrole nitrogens is 1. The fourth-order valence-electron chi connectivity index (χ4n) is 3.29. The molecular formula is C18H15F2N5O2. The summed E-state index contributed by atoms with van der Waals surface area (Å²) in [6.07, 6.45) is 5.95. The van der Waals surface area contributed by atoms with Crippen LogP contribution in [0, 0.1) is 6.92 Å². The fourth-order valence-corrected chi connectivity index (χ4v) is 3.29. The molecule has 0 radical (unpaired) electrons. The van der Waals surface area contributed by atoms with Gasteiger partial charge in [-0.15, -0.1) is 0 Å². The van der Waals surface area contributed by atoms with Gasteiger partial charge in [-0.05, 0) is 31.5 Å². The van der Waals surface area contributed by atoms with E-state index in [0.717, 1.165) is 5.56 Å². The number of ether oxygens (including phenoxy) is 1. The van der Waals surface area contributed by atoms with E-state index in [2.05, 4.69) is 24.9 Å². The Morgan fingerprint density at radius 1 is 1.26 bits per heavy atom. The van der Waals surface area contributed by atoms with Crippen LogP contribution in [0.15, 0.2) is 36.9 Å². The molecule has 0 bridgehead atoms. The molecular weight excluding hydrogens is 356 g/mol. The average molecular weight is 371 g/mol. The minimum absolute atomic E-state index is 0.0494. The van der Waals surface area contributed by atoms with Crippen LogP contribution in [0.2, 0.25) is 0 Å². The van der Waals surface area contributed by atoms with Gasteiger partial charge in [-0.1, -0.05) is 0 Å². The van der Waals surface area contributed by atoms with Crippen LogP contribution in [-0.4, -0.2) is 32.7 Å². The van der Waals surface area contributed by atoms with Gasteiger partial charge in [0.05, 0.1) is 41.1 Å². The van der Waals surface area contributed by atoms with Crippen molar-refractivity contribution >= 4 is 11.6 Å². The van der Waals surface area contributed by atoms with Gasteiger partial charge < -0.3 is 4.74 Å². The molecule has 0 saturated heterocycles. The molecule has 0 saturated carbocycles. The molecule has 3 aromatic rings. The van der Waals surface area contributed by atoms with Crippen LogP contribution in [0.25, 0.3) is 11.3 Å². The topological polar surface area (TPSA) is 84.0 Å². The smallest absolute Gasteiger partial charge is 0.387 e. The Kier molecular flexibility index (Phi) is 4.06. The molecule has 0 fully saturated rings. The number of fused-ring (bicyclic) bond motifs is 1. The van der Waals surface area contributed by atoms with E-state index in [-0.39, 0.29) is 17.7 Å².